The summed E-state index contributed by atoms with van der Waals surface area (Å²) in [7, 11) is 3.86. The molecule has 0 bridgehead atoms. The van der Waals surface area contributed by atoms with Crippen LogP contribution < -0.4 is 0 Å². The van der Waals surface area contributed by atoms with Crippen LogP contribution in [0.25, 0.3) is 5.69 Å². The molecule has 0 spiro atoms. The Kier molecular flexibility index (Phi) is 5.12. The van der Waals surface area contributed by atoms with Crippen LogP contribution in [-0.4, -0.2) is 42.0 Å². The van der Waals surface area contributed by atoms with Gasteiger partial charge in [-0.15, -0.1) is 0 Å². The molecule has 0 saturated heterocycles. The molecule has 0 N–H and O–H groups in total. The standard InChI is InChI=1S/C15H21N3O/c1-17(9-6-10-19-2)12-14-11-16-18(13-14)15-7-4-3-5-8-15/h3-5,7-8,11,13H,6,9-10,12H2,1-2H3. The first-order chi connectivity index (χ1) is 9.29. The minimum absolute atomic E-state index is 0.813. The van der Waals surface area contributed by atoms with Crippen molar-refractivity contribution < 1.29 is 4.74 Å². The van der Waals surface area contributed by atoms with Crippen LogP contribution in [0.3, 0.4) is 0 Å². The summed E-state index contributed by atoms with van der Waals surface area (Å²) < 4.78 is 6.98. The molecule has 0 unspecified atom stereocenters. The van der Waals surface area contributed by atoms with E-state index in [1.54, 1.807) is 7.11 Å². The second-order valence-electron chi connectivity index (χ2n) is 4.71. The Bertz CT molecular complexity index is 481. The van der Waals surface area contributed by atoms with Crippen LogP contribution in [-0.2, 0) is 11.3 Å². The predicted octanol–water partition coefficient (Wildman–Crippen LogP) is 2.34. The highest BCUT2D eigenvalue weighted by Crippen LogP contribution is 2.09. The zero-order valence-corrected chi connectivity index (χ0v) is 11.6. The maximum absolute atomic E-state index is 5.06. The van der Waals surface area contributed by atoms with Crippen LogP contribution in [0, 0.1) is 0 Å². The van der Waals surface area contributed by atoms with Gasteiger partial charge in [-0.05, 0) is 25.6 Å². The van der Waals surface area contributed by atoms with E-state index in [4.69, 9.17) is 4.74 Å². The first kappa shape index (κ1) is 13.8. The van der Waals surface area contributed by atoms with Gasteiger partial charge in [0, 0.05) is 38.6 Å². The number of nitrogens with zero attached hydrogens (tertiary/aromatic N) is 3. The fraction of sp³-hybridized carbons (Fsp3) is 0.400. The molecule has 102 valence electrons. The van der Waals surface area contributed by atoms with Crippen molar-refractivity contribution in [3.8, 4) is 5.69 Å². The second-order valence-corrected chi connectivity index (χ2v) is 4.71. The summed E-state index contributed by atoms with van der Waals surface area (Å²) in [5.74, 6) is 0. The third-order valence-corrected chi connectivity index (χ3v) is 3.00. The molecule has 0 saturated carbocycles. The second kappa shape index (κ2) is 7.07. The Morgan fingerprint density at radius 3 is 2.79 bits per heavy atom. The van der Waals surface area contributed by atoms with E-state index < -0.39 is 0 Å². The molecule has 1 aromatic heterocycles. The maximum atomic E-state index is 5.06. The summed E-state index contributed by atoms with van der Waals surface area (Å²) in [4.78, 5) is 2.28. The summed E-state index contributed by atoms with van der Waals surface area (Å²) >= 11 is 0. The van der Waals surface area contributed by atoms with Crippen molar-refractivity contribution in [3.05, 3.63) is 48.3 Å². The number of benzene rings is 1. The molecule has 0 aliphatic heterocycles. The molecule has 4 nitrogen and oxygen atoms in total. The van der Waals surface area contributed by atoms with Crippen molar-refractivity contribution in [3.63, 3.8) is 0 Å². The third kappa shape index (κ3) is 4.19. The lowest BCUT2D eigenvalue weighted by Crippen LogP contribution is -2.19. The number of hydrogen-bond donors (Lipinski definition) is 0. The van der Waals surface area contributed by atoms with Gasteiger partial charge in [-0.3, -0.25) is 0 Å². The molecular weight excluding hydrogens is 238 g/mol. The Morgan fingerprint density at radius 1 is 1.26 bits per heavy atom. The van der Waals surface area contributed by atoms with Gasteiger partial charge >= 0.3 is 0 Å². The van der Waals surface area contributed by atoms with Crippen molar-refractivity contribution in [1.82, 2.24) is 14.7 Å². The molecule has 1 heterocycles. The Balaban J connectivity index is 1.91. The maximum Gasteiger partial charge on any atom is 0.0645 e. The average Bonchev–Trinajstić information content (AvgIpc) is 2.88. The Hall–Kier alpha value is -1.65. The van der Waals surface area contributed by atoms with Crippen molar-refractivity contribution >= 4 is 0 Å². The molecule has 1 aromatic carbocycles. The molecule has 0 radical (unpaired) electrons. The minimum Gasteiger partial charge on any atom is -0.385 e. The summed E-state index contributed by atoms with van der Waals surface area (Å²) in [5.41, 5.74) is 2.32. The van der Waals surface area contributed by atoms with E-state index in [1.807, 2.05) is 29.1 Å². The smallest absolute Gasteiger partial charge is 0.0645 e. The lowest BCUT2D eigenvalue weighted by Gasteiger charge is -2.14. The van der Waals surface area contributed by atoms with Crippen LogP contribution in [0.4, 0.5) is 0 Å². The lowest BCUT2D eigenvalue weighted by atomic mass is 10.3. The van der Waals surface area contributed by atoms with E-state index in [0.29, 0.717) is 0 Å². The fourth-order valence-corrected chi connectivity index (χ4v) is 2.03. The summed E-state index contributed by atoms with van der Waals surface area (Å²) in [5, 5.41) is 4.40. The van der Waals surface area contributed by atoms with Gasteiger partial charge in [0.25, 0.3) is 0 Å². The number of rotatable bonds is 7. The number of aromatic nitrogens is 2. The molecule has 2 aromatic rings. The van der Waals surface area contributed by atoms with Gasteiger partial charge < -0.3 is 9.64 Å². The number of hydrogen-bond acceptors (Lipinski definition) is 3. The van der Waals surface area contributed by atoms with Gasteiger partial charge in [-0.25, -0.2) is 4.68 Å². The lowest BCUT2D eigenvalue weighted by molar-refractivity contribution is 0.178. The van der Waals surface area contributed by atoms with E-state index in [0.717, 1.165) is 31.8 Å². The number of ether oxygens (including phenoxy) is 1. The molecule has 0 aliphatic rings. The van der Waals surface area contributed by atoms with Gasteiger partial charge in [0.1, 0.15) is 0 Å². The Morgan fingerprint density at radius 2 is 2.05 bits per heavy atom. The van der Waals surface area contributed by atoms with Gasteiger partial charge in [0.05, 0.1) is 11.9 Å². The van der Waals surface area contributed by atoms with Gasteiger partial charge in [-0.2, -0.15) is 5.10 Å². The fourth-order valence-electron chi connectivity index (χ4n) is 2.03. The minimum atomic E-state index is 0.813. The molecule has 0 atom stereocenters. The van der Waals surface area contributed by atoms with Crippen molar-refractivity contribution in [1.29, 1.82) is 0 Å². The summed E-state index contributed by atoms with van der Waals surface area (Å²) in [6.45, 7) is 2.76. The highest BCUT2D eigenvalue weighted by molar-refractivity contribution is 5.30. The van der Waals surface area contributed by atoms with E-state index in [-0.39, 0.29) is 0 Å². The molecule has 19 heavy (non-hydrogen) atoms. The summed E-state index contributed by atoms with van der Waals surface area (Å²) in [6, 6.07) is 10.2. The quantitative estimate of drug-likeness (QED) is 0.715. The van der Waals surface area contributed by atoms with E-state index in [9.17, 15) is 0 Å². The largest absolute Gasteiger partial charge is 0.385 e. The van der Waals surface area contributed by atoms with Crippen molar-refractivity contribution in [2.45, 2.75) is 13.0 Å². The molecular formula is C15H21N3O. The van der Waals surface area contributed by atoms with Crippen LogP contribution >= 0.6 is 0 Å². The van der Waals surface area contributed by atoms with Gasteiger partial charge in [0.15, 0.2) is 0 Å². The normalized spacial score (nSPS) is 11.1. The highest BCUT2D eigenvalue weighted by Gasteiger charge is 2.04. The zero-order chi connectivity index (χ0) is 13.5. The molecule has 4 heteroatoms. The summed E-state index contributed by atoms with van der Waals surface area (Å²) in [6.07, 6.45) is 5.07. The monoisotopic (exact) mass is 259 g/mol. The van der Waals surface area contributed by atoms with E-state index in [2.05, 4.69) is 35.4 Å². The van der Waals surface area contributed by atoms with Crippen molar-refractivity contribution in [2.24, 2.45) is 0 Å². The zero-order valence-electron chi connectivity index (χ0n) is 11.6. The van der Waals surface area contributed by atoms with E-state index >= 15 is 0 Å². The van der Waals surface area contributed by atoms with Crippen LogP contribution in [0.5, 0.6) is 0 Å². The highest BCUT2D eigenvalue weighted by atomic mass is 16.5. The van der Waals surface area contributed by atoms with Gasteiger partial charge in [-0.1, -0.05) is 18.2 Å². The predicted molar refractivity (Wildman–Crippen MR) is 76.4 cm³/mol. The third-order valence-electron chi connectivity index (χ3n) is 3.00. The topological polar surface area (TPSA) is 30.3 Å². The van der Waals surface area contributed by atoms with Crippen molar-refractivity contribution in [2.75, 3.05) is 27.3 Å². The van der Waals surface area contributed by atoms with Crippen LogP contribution in [0.15, 0.2) is 42.7 Å². The van der Waals surface area contributed by atoms with Crippen LogP contribution in [0.1, 0.15) is 12.0 Å². The number of methoxy groups -OCH3 is 1. The average molecular weight is 259 g/mol. The first-order valence-corrected chi connectivity index (χ1v) is 6.56. The van der Waals surface area contributed by atoms with Crippen LogP contribution in [0.2, 0.25) is 0 Å². The Labute approximate surface area is 114 Å². The number of para-hydroxylation sites is 1. The molecule has 2 rings (SSSR count). The molecule has 0 fully saturated rings. The van der Waals surface area contributed by atoms with Gasteiger partial charge in [0.2, 0.25) is 0 Å². The molecule has 0 amide bonds. The first-order valence-electron chi connectivity index (χ1n) is 6.56. The van der Waals surface area contributed by atoms with E-state index in [1.165, 1.54) is 5.56 Å². The molecule has 0 aliphatic carbocycles. The SMILES string of the molecule is COCCCN(C)Cc1cnn(-c2ccccc2)c1.